The topological polar surface area (TPSA) is 87.5 Å². The van der Waals surface area contributed by atoms with Gasteiger partial charge in [-0.05, 0) is 18.4 Å². The van der Waals surface area contributed by atoms with Gasteiger partial charge in [0.2, 0.25) is 0 Å². The van der Waals surface area contributed by atoms with Gasteiger partial charge in [-0.15, -0.1) is 24.2 Å². The third-order valence-corrected chi connectivity index (χ3v) is 4.29. The van der Waals surface area contributed by atoms with Crippen LogP contribution in [0, 0.1) is 10.1 Å². The molecule has 1 fully saturated rings. The Kier molecular flexibility index (Phi) is 8.32. The summed E-state index contributed by atoms with van der Waals surface area (Å²) in [6, 6.07) is 4.61. The molecule has 1 aliphatic rings. The minimum Gasteiger partial charge on any atom is -0.351 e. The molecule has 9 heteroatoms. The predicted molar refractivity (Wildman–Crippen MR) is 93.8 cm³/mol. The Bertz CT molecular complexity index is 553. The van der Waals surface area contributed by atoms with Crippen molar-refractivity contribution >= 4 is 35.8 Å². The summed E-state index contributed by atoms with van der Waals surface area (Å²) in [5, 5.41) is 17.1. The van der Waals surface area contributed by atoms with E-state index in [9.17, 15) is 14.9 Å². The van der Waals surface area contributed by atoms with Crippen LogP contribution < -0.4 is 10.6 Å². The first kappa shape index (κ1) is 19.7. The Hall–Kier alpha value is -1.35. The van der Waals surface area contributed by atoms with Crippen molar-refractivity contribution in [1.29, 1.82) is 0 Å². The Morgan fingerprint density at radius 2 is 2.13 bits per heavy atom. The number of nitrogens with one attached hydrogen (secondary N) is 2. The maximum atomic E-state index is 12.2. The molecule has 0 radical (unpaired) electrons. The molecule has 1 aromatic rings. The summed E-state index contributed by atoms with van der Waals surface area (Å²) in [6.45, 7) is 5.06. The Morgan fingerprint density at radius 1 is 1.43 bits per heavy atom. The maximum Gasteiger partial charge on any atom is 0.282 e. The SMILES string of the molecule is CSc1ccc([N+](=O)[O-])c(C(=O)NCCN2CCNCC2)c1.Cl. The molecule has 0 atom stereocenters. The number of carbonyl (C=O) groups is 1. The van der Waals surface area contributed by atoms with Crippen molar-refractivity contribution < 1.29 is 9.72 Å². The number of benzene rings is 1. The van der Waals surface area contributed by atoms with E-state index in [-0.39, 0.29) is 23.7 Å². The number of piperazine rings is 1. The number of nitrogens with zero attached hydrogens (tertiary/aromatic N) is 2. The maximum absolute atomic E-state index is 12.2. The largest absolute Gasteiger partial charge is 0.351 e. The van der Waals surface area contributed by atoms with Crippen LogP contribution in [0.2, 0.25) is 0 Å². The van der Waals surface area contributed by atoms with E-state index >= 15 is 0 Å². The summed E-state index contributed by atoms with van der Waals surface area (Å²) in [4.78, 5) is 25.8. The van der Waals surface area contributed by atoms with Crippen LogP contribution in [0.1, 0.15) is 10.4 Å². The van der Waals surface area contributed by atoms with E-state index in [1.165, 1.54) is 17.8 Å². The lowest BCUT2D eigenvalue weighted by Gasteiger charge is -2.27. The van der Waals surface area contributed by atoms with Gasteiger partial charge in [-0.25, -0.2) is 0 Å². The first-order valence-electron chi connectivity index (χ1n) is 7.15. The minimum absolute atomic E-state index is 0. The molecule has 1 saturated heterocycles. The van der Waals surface area contributed by atoms with Gasteiger partial charge in [0.25, 0.3) is 11.6 Å². The lowest BCUT2D eigenvalue weighted by Crippen LogP contribution is -2.46. The lowest BCUT2D eigenvalue weighted by atomic mass is 10.1. The fourth-order valence-electron chi connectivity index (χ4n) is 2.34. The molecule has 2 N–H and O–H groups in total. The third-order valence-electron chi connectivity index (χ3n) is 3.57. The monoisotopic (exact) mass is 360 g/mol. The standard InChI is InChI=1S/C14H20N4O3S.ClH/c1-22-11-2-3-13(18(20)21)12(10-11)14(19)16-6-9-17-7-4-15-5-8-17;/h2-3,10,15H,4-9H2,1H3,(H,16,19);1H. The third kappa shape index (κ3) is 5.65. The highest BCUT2D eigenvalue weighted by molar-refractivity contribution is 7.98. The normalized spacial score (nSPS) is 14.8. The highest BCUT2D eigenvalue weighted by Crippen LogP contribution is 2.24. The van der Waals surface area contributed by atoms with Gasteiger partial charge in [0.1, 0.15) is 5.56 Å². The quantitative estimate of drug-likeness (QED) is 0.452. The fourth-order valence-corrected chi connectivity index (χ4v) is 2.78. The fraction of sp³-hybridized carbons (Fsp3) is 0.500. The smallest absolute Gasteiger partial charge is 0.282 e. The number of thioether (sulfide) groups is 1. The van der Waals surface area contributed by atoms with E-state index in [0.29, 0.717) is 6.54 Å². The number of hydrogen-bond donors (Lipinski definition) is 2. The van der Waals surface area contributed by atoms with Crippen molar-refractivity contribution in [3.8, 4) is 0 Å². The zero-order chi connectivity index (χ0) is 15.9. The van der Waals surface area contributed by atoms with Crippen LogP contribution in [-0.4, -0.2) is 61.3 Å². The molecule has 0 spiro atoms. The first-order chi connectivity index (χ1) is 10.6. The molecule has 0 aromatic heterocycles. The minimum atomic E-state index is -0.519. The van der Waals surface area contributed by atoms with Crippen LogP contribution in [0.5, 0.6) is 0 Å². The second-order valence-corrected chi connectivity index (χ2v) is 5.87. The number of carbonyl (C=O) groups excluding carboxylic acids is 1. The van der Waals surface area contributed by atoms with Crippen molar-refractivity contribution in [2.24, 2.45) is 0 Å². The number of amides is 1. The highest BCUT2D eigenvalue weighted by Gasteiger charge is 2.20. The summed E-state index contributed by atoms with van der Waals surface area (Å²) in [5.74, 6) is -0.391. The summed E-state index contributed by atoms with van der Waals surface area (Å²) >= 11 is 1.45. The van der Waals surface area contributed by atoms with E-state index in [1.807, 2.05) is 6.26 Å². The zero-order valence-corrected chi connectivity index (χ0v) is 14.5. The average molecular weight is 361 g/mol. The van der Waals surface area contributed by atoms with E-state index in [4.69, 9.17) is 0 Å². The highest BCUT2D eigenvalue weighted by atomic mass is 35.5. The second kappa shape index (κ2) is 9.71. The van der Waals surface area contributed by atoms with Crippen LogP contribution >= 0.6 is 24.2 Å². The molecule has 1 amide bonds. The van der Waals surface area contributed by atoms with Gasteiger partial charge in [0, 0.05) is 50.2 Å². The number of nitro groups is 1. The molecule has 0 saturated carbocycles. The second-order valence-electron chi connectivity index (χ2n) is 4.99. The molecule has 7 nitrogen and oxygen atoms in total. The molecule has 128 valence electrons. The summed E-state index contributed by atoms with van der Waals surface area (Å²) in [7, 11) is 0. The van der Waals surface area contributed by atoms with Crippen molar-refractivity contribution in [2.75, 3.05) is 45.5 Å². The zero-order valence-electron chi connectivity index (χ0n) is 12.9. The van der Waals surface area contributed by atoms with Crippen LogP contribution in [0.25, 0.3) is 0 Å². The molecule has 0 aliphatic carbocycles. The van der Waals surface area contributed by atoms with Crippen molar-refractivity contribution in [1.82, 2.24) is 15.5 Å². The molecular weight excluding hydrogens is 340 g/mol. The van der Waals surface area contributed by atoms with Crippen LogP contribution in [0.3, 0.4) is 0 Å². The molecule has 1 aromatic carbocycles. The van der Waals surface area contributed by atoms with E-state index in [2.05, 4.69) is 15.5 Å². The summed E-state index contributed by atoms with van der Waals surface area (Å²) < 4.78 is 0. The number of rotatable bonds is 6. The van der Waals surface area contributed by atoms with Crippen molar-refractivity contribution in [2.45, 2.75) is 4.90 Å². The summed E-state index contributed by atoms with van der Waals surface area (Å²) in [6.07, 6.45) is 1.87. The Balaban J connectivity index is 0.00000264. The van der Waals surface area contributed by atoms with Gasteiger partial charge < -0.3 is 10.6 Å². The predicted octanol–water partition coefficient (Wildman–Crippen LogP) is 1.37. The molecule has 2 rings (SSSR count). The van der Waals surface area contributed by atoms with Gasteiger partial charge in [0.05, 0.1) is 4.92 Å². The average Bonchev–Trinajstić information content (AvgIpc) is 2.55. The molecule has 1 aliphatic heterocycles. The number of hydrogen-bond acceptors (Lipinski definition) is 6. The Morgan fingerprint density at radius 3 is 2.74 bits per heavy atom. The van der Waals surface area contributed by atoms with E-state index in [1.54, 1.807) is 12.1 Å². The first-order valence-corrected chi connectivity index (χ1v) is 8.38. The summed E-state index contributed by atoms with van der Waals surface area (Å²) in [5.41, 5.74) is -0.0327. The lowest BCUT2D eigenvalue weighted by molar-refractivity contribution is -0.385. The van der Waals surface area contributed by atoms with Crippen molar-refractivity contribution in [3.63, 3.8) is 0 Å². The molecule has 0 unspecified atom stereocenters. The molecule has 23 heavy (non-hydrogen) atoms. The van der Waals surface area contributed by atoms with Gasteiger partial charge in [-0.1, -0.05) is 0 Å². The molecular formula is C14H21ClN4O3S. The van der Waals surface area contributed by atoms with E-state index < -0.39 is 10.8 Å². The molecule has 1 heterocycles. The van der Waals surface area contributed by atoms with Crippen LogP contribution in [0.15, 0.2) is 23.1 Å². The van der Waals surface area contributed by atoms with Gasteiger partial charge in [0.15, 0.2) is 0 Å². The van der Waals surface area contributed by atoms with E-state index in [0.717, 1.165) is 37.6 Å². The van der Waals surface area contributed by atoms with Crippen LogP contribution in [-0.2, 0) is 0 Å². The van der Waals surface area contributed by atoms with Gasteiger partial charge >= 0.3 is 0 Å². The Labute approximate surface area is 145 Å². The van der Waals surface area contributed by atoms with Crippen LogP contribution in [0.4, 0.5) is 5.69 Å². The van der Waals surface area contributed by atoms with Crippen molar-refractivity contribution in [3.05, 3.63) is 33.9 Å². The number of halogens is 1. The number of nitro benzene ring substituents is 1. The van der Waals surface area contributed by atoms with Gasteiger partial charge in [-0.2, -0.15) is 0 Å². The molecule has 0 bridgehead atoms. The van der Waals surface area contributed by atoms with Gasteiger partial charge in [-0.3, -0.25) is 19.8 Å².